The molecule has 14 heavy (non-hydrogen) atoms. The van der Waals surface area contributed by atoms with Crippen molar-refractivity contribution in [3.05, 3.63) is 0 Å². The molecular formula is C12H26O2. The molecule has 0 radical (unpaired) electrons. The molecular weight excluding hydrogens is 176 g/mol. The molecule has 0 saturated heterocycles. The maximum atomic E-state index is 9.85. The fourth-order valence-electron chi connectivity index (χ4n) is 2.33. The van der Waals surface area contributed by atoms with Crippen molar-refractivity contribution in [2.75, 3.05) is 0 Å². The van der Waals surface area contributed by atoms with Crippen molar-refractivity contribution < 1.29 is 10.2 Å². The average Bonchev–Trinajstić information content (AvgIpc) is 2.23. The summed E-state index contributed by atoms with van der Waals surface area (Å²) in [5, 5.41) is 19.7. The fourth-order valence-corrected chi connectivity index (χ4v) is 2.33. The summed E-state index contributed by atoms with van der Waals surface area (Å²) in [4.78, 5) is 0. The molecule has 0 aromatic rings. The van der Waals surface area contributed by atoms with E-state index >= 15 is 0 Å². The molecule has 0 amide bonds. The fraction of sp³-hybridized carbons (Fsp3) is 1.00. The Balaban J connectivity index is 4.43. The summed E-state index contributed by atoms with van der Waals surface area (Å²) in [5.41, 5.74) is 0. The number of aliphatic hydroxyl groups is 2. The second kappa shape index (κ2) is 7.24. The predicted molar refractivity (Wildman–Crippen MR) is 60.2 cm³/mol. The van der Waals surface area contributed by atoms with Crippen LogP contribution in [0.4, 0.5) is 0 Å². The Morgan fingerprint density at radius 2 is 0.929 bits per heavy atom. The van der Waals surface area contributed by atoms with Gasteiger partial charge < -0.3 is 10.2 Å². The van der Waals surface area contributed by atoms with E-state index in [0.717, 1.165) is 25.7 Å². The lowest BCUT2D eigenvalue weighted by Crippen LogP contribution is -2.34. The Morgan fingerprint density at radius 1 is 0.643 bits per heavy atom. The second-order valence-electron chi connectivity index (χ2n) is 4.10. The summed E-state index contributed by atoms with van der Waals surface area (Å²) in [6.07, 6.45) is 2.95. The van der Waals surface area contributed by atoms with Crippen LogP contribution in [0.15, 0.2) is 0 Å². The van der Waals surface area contributed by atoms with E-state index in [1.54, 1.807) is 0 Å². The van der Waals surface area contributed by atoms with Crippen LogP contribution in [-0.2, 0) is 0 Å². The Hall–Kier alpha value is -0.0800. The molecule has 0 saturated carbocycles. The van der Waals surface area contributed by atoms with Crippen molar-refractivity contribution in [3.8, 4) is 0 Å². The highest BCUT2D eigenvalue weighted by Crippen LogP contribution is 2.28. The van der Waals surface area contributed by atoms with Crippen molar-refractivity contribution in [1.29, 1.82) is 0 Å². The Labute approximate surface area is 88.3 Å². The molecule has 0 aromatic heterocycles. The van der Waals surface area contributed by atoms with Gasteiger partial charge in [0.1, 0.15) is 0 Å². The van der Waals surface area contributed by atoms with E-state index in [9.17, 15) is 10.2 Å². The molecule has 0 fully saturated rings. The van der Waals surface area contributed by atoms with Gasteiger partial charge >= 0.3 is 0 Å². The molecule has 0 aliphatic heterocycles. The molecule has 0 aliphatic rings. The first-order valence-corrected chi connectivity index (χ1v) is 5.98. The molecule has 0 aliphatic carbocycles. The van der Waals surface area contributed by atoms with Gasteiger partial charge in [0.2, 0.25) is 0 Å². The number of hydrogen-bond acceptors (Lipinski definition) is 2. The van der Waals surface area contributed by atoms with E-state index in [1.807, 2.05) is 13.8 Å². The van der Waals surface area contributed by atoms with E-state index in [0.29, 0.717) is 0 Å². The van der Waals surface area contributed by atoms with Crippen molar-refractivity contribution in [2.45, 2.75) is 65.6 Å². The van der Waals surface area contributed by atoms with Crippen LogP contribution in [-0.4, -0.2) is 22.4 Å². The third kappa shape index (κ3) is 3.58. The van der Waals surface area contributed by atoms with E-state index in [1.165, 1.54) is 0 Å². The smallest absolute Gasteiger partial charge is 0.0569 e. The summed E-state index contributed by atoms with van der Waals surface area (Å²) in [6.45, 7) is 8.18. The van der Waals surface area contributed by atoms with Crippen LogP contribution in [0.1, 0.15) is 53.4 Å². The van der Waals surface area contributed by atoms with E-state index in [-0.39, 0.29) is 24.0 Å². The van der Waals surface area contributed by atoms with Crippen LogP contribution in [0.3, 0.4) is 0 Å². The summed E-state index contributed by atoms with van der Waals surface area (Å²) >= 11 is 0. The maximum Gasteiger partial charge on any atom is 0.0569 e. The Bertz CT molecular complexity index is 120. The van der Waals surface area contributed by atoms with Crippen molar-refractivity contribution in [2.24, 2.45) is 11.8 Å². The molecule has 2 N–H and O–H groups in total. The molecule has 4 atom stereocenters. The molecule has 0 bridgehead atoms. The zero-order valence-electron chi connectivity index (χ0n) is 10.0. The van der Waals surface area contributed by atoms with Crippen LogP contribution < -0.4 is 0 Å². The maximum absolute atomic E-state index is 9.85. The lowest BCUT2D eigenvalue weighted by molar-refractivity contribution is 0.000313. The SMILES string of the molecule is CCC(O)C(CC)C(CC)C(O)CC. The molecule has 0 spiro atoms. The Morgan fingerprint density at radius 3 is 1.07 bits per heavy atom. The zero-order chi connectivity index (χ0) is 11.1. The summed E-state index contributed by atoms with van der Waals surface area (Å²) < 4.78 is 0. The van der Waals surface area contributed by atoms with Crippen molar-refractivity contribution in [1.82, 2.24) is 0 Å². The van der Waals surface area contributed by atoms with E-state index in [4.69, 9.17) is 0 Å². The zero-order valence-corrected chi connectivity index (χ0v) is 10.0. The molecule has 0 rings (SSSR count). The minimum Gasteiger partial charge on any atom is -0.393 e. The normalized spacial score (nSPS) is 20.1. The number of rotatable bonds is 7. The van der Waals surface area contributed by atoms with E-state index < -0.39 is 0 Å². The number of hydrogen-bond donors (Lipinski definition) is 2. The first-order chi connectivity index (χ1) is 6.62. The summed E-state index contributed by atoms with van der Waals surface area (Å²) in [6, 6.07) is 0. The van der Waals surface area contributed by atoms with Crippen LogP contribution in [0, 0.1) is 11.8 Å². The second-order valence-corrected chi connectivity index (χ2v) is 4.10. The lowest BCUT2D eigenvalue weighted by Gasteiger charge is -2.32. The van der Waals surface area contributed by atoms with Crippen molar-refractivity contribution >= 4 is 0 Å². The summed E-state index contributed by atoms with van der Waals surface area (Å²) in [7, 11) is 0. The Kier molecular flexibility index (Phi) is 7.20. The molecule has 2 heteroatoms. The third-order valence-corrected chi connectivity index (χ3v) is 3.32. The van der Waals surface area contributed by atoms with Crippen molar-refractivity contribution in [3.63, 3.8) is 0 Å². The monoisotopic (exact) mass is 202 g/mol. The van der Waals surface area contributed by atoms with Crippen LogP contribution in [0.5, 0.6) is 0 Å². The molecule has 0 aromatic carbocycles. The molecule has 86 valence electrons. The lowest BCUT2D eigenvalue weighted by atomic mass is 9.79. The van der Waals surface area contributed by atoms with Gasteiger partial charge in [0.25, 0.3) is 0 Å². The average molecular weight is 202 g/mol. The molecule has 4 unspecified atom stereocenters. The van der Waals surface area contributed by atoms with Crippen LogP contribution in [0.2, 0.25) is 0 Å². The van der Waals surface area contributed by atoms with Gasteiger partial charge in [-0.3, -0.25) is 0 Å². The van der Waals surface area contributed by atoms with Crippen LogP contribution in [0.25, 0.3) is 0 Å². The first-order valence-electron chi connectivity index (χ1n) is 5.98. The number of aliphatic hydroxyl groups excluding tert-OH is 2. The van der Waals surface area contributed by atoms with Crippen LogP contribution >= 0.6 is 0 Å². The van der Waals surface area contributed by atoms with Gasteiger partial charge in [0, 0.05) is 0 Å². The summed E-state index contributed by atoms with van der Waals surface area (Å²) in [5.74, 6) is 0.500. The van der Waals surface area contributed by atoms with Gasteiger partial charge in [0.15, 0.2) is 0 Å². The van der Waals surface area contributed by atoms with Gasteiger partial charge in [0.05, 0.1) is 12.2 Å². The molecule has 0 heterocycles. The highest BCUT2D eigenvalue weighted by atomic mass is 16.3. The third-order valence-electron chi connectivity index (χ3n) is 3.32. The van der Waals surface area contributed by atoms with Gasteiger partial charge in [-0.15, -0.1) is 0 Å². The van der Waals surface area contributed by atoms with Gasteiger partial charge in [-0.1, -0.05) is 40.5 Å². The standard InChI is InChI=1S/C12H26O2/c1-5-9(11(13)7-3)10(6-2)12(14)8-4/h9-14H,5-8H2,1-4H3. The molecule has 2 nitrogen and oxygen atoms in total. The quantitative estimate of drug-likeness (QED) is 0.666. The van der Waals surface area contributed by atoms with Gasteiger partial charge in [-0.2, -0.15) is 0 Å². The predicted octanol–water partition coefficient (Wildman–Crippen LogP) is 2.58. The first kappa shape index (κ1) is 13.9. The highest BCUT2D eigenvalue weighted by Gasteiger charge is 2.28. The largest absolute Gasteiger partial charge is 0.393 e. The minimum atomic E-state index is -0.258. The van der Waals surface area contributed by atoms with Gasteiger partial charge in [-0.05, 0) is 24.7 Å². The van der Waals surface area contributed by atoms with Gasteiger partial charge in [-0.25, -0.2) is 0 Å². The highest BCUT2D eigenvalue weighted by molar-refractivity contribution is 4.79. The van der Waals surface area contributed by atoms with E-state index in [2.05, 4.69) is 13.8 Å². The minimum absolute atomic E-state index is 0.250. The topological polar surface area (TPSA) is 40.5 Å².